The summed E-state index contributed by atoms with van der Waals surface area (Å²) < 4.78 is 5.89. The third-order valence-corrected chi connectivity index (χ3v) is 3.95. The molecule has 2 N–H and O–H groups in total. The van der Waals surface area contributed by atoms with Crippen LogP contribution in [0.15, 0.2) is 11.4 Å². The Morgan fingerprint density at radius 3 is 3.21 bits per heavy atom. The Morgan fingerprint density at radius 2 is 2.50 bits per heavy atom. The largest absolute Gasteiger partial charge is 0.369 e. The van der Waals surface area contributed by atoms with Gasteiger partial charge in [0.05, 0.1) is 0 Å². The van der Waals surface area contributed by atoms with Crippen molar-refractivity contribution in [3.8, 4) is 0 Å². The molecule has 0 saturated heterocycles. The molecule has 1 aliphatic rings. The van der Waals surface area contributed by atoms with Crippen molar-refractivity contribution in [2.45, 2.75) is 31.8 Å². The number of hydrogen-bond acceptors (Lipinski definition) is 3. The molecule has 1 atom stereocenters. The molecule has 0 bridgehead atoms. The van der Waals surface area contributed by atoms with Gasteiger partial charge < -0.3 is 10.5 Å². The van der Waals surface area contributed by atoms with Crippen molar-refractivity contribution in [1.29, 1.82) is 0 Å². The van der Waals surface area contributed by atoms with Crippen LogP contribution in [-0.2, 0) is 16.8 Å². The Labute approximate surface area is 89.1 Å². The van der Waals surface area contributed by atoms with E-state index in [4.69, 9.17) is 10.5 Å². The van der Waals surface area contributed by atoms with Gasteiger partial charge in [0.2, 0.25) is 0 Å². The molecule has 0 spiro atoms. The van der Waals surface area contributed by atoms with Crippen molar-refractivity contribution >= 4 is 11.3 Å². The van der Waals surface area contributed by atoms with Crippen LogP contribution in [0.3, 0.4) is 0 Å². The van der Waals surface area contributed by atoms with Gasteiger partial charge in [0, 0.05) is 18.0 Å². The van der Waals surface area contributed by atoms with Gasteiger partial charge >= 0.3 is 0 Å². The van der Waals surface area contributed by atoms with Gasteiger partial charge in [-0.1, -0.05) is 0 Å². The van der Waals surface area contributed by atoms with Gasteiger partial charge in [-0.3, -0.25) is 0 Å². The minimum atomic E-state index is -0.178. The first-order valence-corrected chi connectivity index (χ1v) is 6.11. The fourth-order valence-corrected chi connectivity index (χ4v) is 3.32. The molecular weight excluding hydrogens is 194 g/mol. The summed E-state index contributed by atoms with van der Waals surface area (Å²) in [7, 11) is 0. The molecule has 0 aliphatic heterocycles. The Bertz CT molecular complexity index is 310. The second-order valence-corrected chi connectivity index (χ2v) is 4.74. The smallest absolute Gasteiger partial charge is 0.106 e. The van der Waals surface area contributed by atoms with Crippen molar-refractivity contribution in [3.05, 3.63) is 21.9 Å². The number of aryl methyl sites for hydroxylation is 1. The van der Waals surface area contributed by atoms with Crippen molar-refractivity contribution in [2.75, 3.05) is 13.2 Å². The lowest BCUT2D eigenvalue weighted by molar-refractivity contribution is -0.0489. The molecule has 0 saturated carbocycles. The fourth-order valence-electron chi connectivity index (χ4n) is 2.31. The van der Waals surface area contributed by atoms with E-state index in [2.05, 4.69) is 11.4 Å². The van der Waals surface area contributed by atoms with E-state index in [1.54, 1.807) is 0 Å². The maximum atomic E-state index is 5.89. The molecule has 3 heteroatoms. The number of rotatable bonds is 3. The lowest BCUT2D eigenvalue weighted by Crippen LogP contribution is -2.40. The van der Waals surface area contributed by atoms with Gasteiger partial charge in [0.1, 0.15) is 5.60 Å². The quantitative estimate of drug-likeness (QED) is 0.832. The summed E-state index contributed by atoms with van der Waals surface area (Å²) in [5.74, 6) is 0. The van der Waals surface area contributed by atoms with E-state index in [0.717, 1.165) is 13.0 Å². The van der Waals surface area contributed by atoms with Crippen LogP contribution in [0, 0.1) is 0 Å². The summed E-state index contributed by atoms with van der Waals surface area (Å²) in [5.41, 5.74) is 7.05. The predicted molar refractivity (Wildman–Crippen MR) is 59.6 cm³/mol. The van der Waals surface area contributed by atoms with Gasteiger partial charge in [0.15, 0.2) is 0 Å². The Balaban J connectivity index is 2.36. The predicted octanol–water partition coefficient (Wildman–Crippen LogP) is 2.27. The summed E-state index contributed by atoms with van der Waals surface area (Å²) in [5, 5.41) is 2.15. The molecule has 1 aromatic rings. The zero-order chi connectivity index (χ0) is 10.0. The average molecular weight is 211 g/mol. The summed E-state index contributed by atoms with van der Waals surface area (Å²) >= 11 is 1.83. The number of ether oxygens (including phenoxy) is 1. The van der Waals surface area contributed by atoms with Crippen LogP contribution in [0.1, 0.15) is 30.2 Å². The van der Waals surface area contributed by atoms with Crippen LogP contribution in [0.5, 0.6) is 0 Å². The van der Waals surface area contributed by atoms with Gasteiger partial charge in [-0.15, -0.1) is 11.3 Å². The minimum Gasteiger partial charge on any atom is -0.369 e. The molecule has 2 nitrogen and oxygen atoms in total. The fraction of sp³-hybridized carbons (Fsp3) is 0.636. The van der Waals surface area contributed by atoms with Crippen molar-refractivity contribution < 1.29 is 4.74 Å². The molecule has 1 aliphatic carbocycles. The highest BCUT2D eigenvalue weighted by atomic mass is 32.1. The molecule has 2 rings (SSSR count). The lowest BCUT2D eigenvalue weighted by Gasteiger charge is -2.36. The second-order valence-electron chi connectivity index (χ2n) is 3.74. The van der Waals surface area contributed by atoms with E-state index in [9.17, 15) is 0 Å². The van der Waals surface area contributed by atoms with Gasteiger partial charge in [-0.25, -0.2) is 0 Å². The van der Waals surface area contributed by atoms with Crippen molar-refractivity contribution in [3.63, 3.8) is 0 Å². The molecular formula is C11H17NOS. The first-order chi connectivity index (χ1) is 6.82. The van der Waals surface area contributed by atoms with E-state index >= 15 is 0 Å². The number of nitrogens with two attached hydrogens (primary N) is 1. The second kappa shape index (κ2) is 4.01. The van der Waals surface area contributed by atoms with Crippen LogP contribution >= 0.6 is 11.3 Å². The summed E-state index contributed by atoms with van der Waals surface area (Å²) in [6.07, 6.45) is 3.47. The van der Waals surface area contributed by atoms with Crippen molar-refractivity contribution in [1.82, 2.24) is 0 Å². The third kappa shape index (κ3) is 1.49. The van der Waals surface area contributed by atoms with E-state index < -0.39 is 0 Å². The highest BCUT2D eigenvalue weighted by Crippen LogP contribution is 2.40. The summed E-state index contributed by atoms with van der Waals surface area (Å²) in [4.78, 5) is 1.47. The standard InChI is InChI=1S/C11H17NOS/c1-2-13-11(8-12)6-3-4-10-9(11)5-7-14-10/h5,7H,2-4,6,8,12H2,1H3. The maximum absolute atomic E-state index is 5.89. The van der Waals surface area contributed by atoms with E-state index in [-0.39, 0.29) is 5.60 Å². The molecule has 14 heavy (non-hydrogen) atoms. The van der Waals surface area contributed by atoms with Gasteiger partial charge in [-0.05, 0) is 43.2 Å². The van der Waals surface area contributed by atoms with Gasteiger partial charge in [-0.2, -0.15) is 0 Å². The topological polar surface area (TPSA) is 35.2 Å². The van der Waals surface area contributed by atoms with E-state index in [1.807, 2.05) is 18.3 Å². The van der Waals surface area contributed by atoms with Crippen LogP contribution in [0.4, 0.5) is 0 Å². The number of thiophene rings is 1. The number of fused-ring (bicyclic) bond motifs is 1. The lowest BCUT2D eigenvalue weighted by atomic mass is 9.83. The highest BCUT2D eigenvalue weighted by molar-refractivity contribution is 7.10. The van der Waals surface area contributed by atoms with Crippen molar-refractivity contribution in [2.24, 2.45) is 5.73 Å². The molecule has 0 radical (unpaired) electrons. The van der Waals surface area contributed by atoms with E-state index in [1.165, 1.54) is 23.3 Å². The molecule has 0 amide bonds. The Hall–Kier alpha value is -0.380. The van der Waals surface area contributed by atoms with Crippen LogP contribution in [0.2, 0.25) is 0 Å². The first-order valence-electron chi connectivity index (χ1n) is 5.23. The van der Waals surface area contributed by atoms with Crippen LogP contribution in [-0.4, -0.2) is 13.2 Å². The molecule has 1 aromatic heterocycles. The zero-order valence-electron chi connectivity index (χ0n) is 8.58. The van der Waals surface area contributed by atoms with Crippen LogP contribution in [0.25, 0.3) is 0 Å². The van der Waals surface area contributed by atoms with E-state index in [0.29, 0.717) is 6.54 Å². The average Bonchev–Trinajstić information content (AvgIpc) is 2.67. The highest BCUT2D eigenvalue weighted by Gasteiger charge is 2.36. The molecule has 1 heterocycles. The molecule has 78 valence electrons. The Morgan fingerprint density at radius 1 is 1.64 bits per heavy atom. The molecule has 0 fully saturated rings. The van der Waals surface area contributed by atoms with Crippen LogP contribution < -0.4 is 5.73 Å². The Kier molecular flexibility index (Phi) is 2.91. The number of hydrogen-bond donors (Lipinski definition) is 1. The SMILES string of the molecule is CCOC1(CN)CCCc2sccc21. The maximum Gasteiger partial charge on any atom is 0.106 e. The molecule has 0 aromatic carbocycles. The molecule has 1 unspecified atom stereocenters. The first kappa shape index (κ1) is 10.1. The summed E-state index contributed by atoms with van der Waals surface area (Å²) in [6.45, 7) is 3.38. The third-order valence-electron chi connectivity index (χ3n) is 2.97. The minimum absolute atomic E-state index is 0.178. The van der Waals surface area contributed by atoms with Gasteiger partial charge in [0.25, 0.3) is 0 Å². The normalized spacial score (nSPS) is 26.1. The zero-order valence-corrected chi connectivity index (χ0v) is 9.40. The monoisotopic (exact) mass is 211 g/mol. The summed E-state index contributed by atoms with van der Waals surface area (Å²) in [6, 6.07) is 2.18.